The van der Waals surface area contributed by atoms with Gasteiger partial charge in [-0.1, -0.05) is 19.9 Å². The maximum absolute atomic E-state index is 13.4. The second-order valence-corrected chi connectivity index (χ2v) is 4.31. The molecule has 0 heterocycles. The van der Waals surface area contributed by atoms with Gasteiger partial charge in [0.15, 0.2) is 0 Å². The zero-order valence-electron chi connectivity index (χ0n) is 11.2. The van der Waals surface area contributed by atoms with Crippen LogP contribution >= 0.6 is 0 Å². The van der Waals surface area contributed by atoms with E-state index in [4.69, 9.17) is 5.26 Å². The van der Waals surface area contributed by atoms with Gasteiger partial charge in [-0.25, -0.2) is 4.39 Å². The van der Waals surface area contributed by atoms with Crippen molar-refractivity contribution in [3.8, 4) is 6.07 Å². The van der Waals surface area contributed by atoms with E-state index in [1.54, 1.807) is 12.1 Å². The fraction of sp³-hybridized carbons (Fsp3) is 0.500. The minimum absolute atomic E-state index is 0.0869. The molecule has 3 nitrogen and oxygen atoms in total. The maximum Gasteiger partial charge on any atom is 0.143 e. The molecule has 1 N–H and O–H groups in total. The summed E-state index contributed by atoms with van der Waals surface area (Å²) in [5, 5.41) is 12.1. The number of anilines is 1. The summed E-state index contributed by atoms with van der Waals surface area (Å²) in [6.45, 7) is 9.09. The summed E-state index contributed by atoms with van der Waals surface area (Å²) in [7, 11) is 0. The zero-order chi connectivity index (χ0) is 13.5. The minimum atomic E-state index is -0.475. The molecule has 4 heteroatoms. The van der Waals surface area contributed by atoms with Gasteiger partial charge in [-0.3, -0.25) is 0 Å². The van der Waals surface area contributed by atoms with Crippen molar-refractivity contribution in [2.45, 2.75) is 26.8 Å². The molecule has 0 aliphatic carbocycles. The van der Waals surface area contributed by atoms with Gasteiger partial charge >= 0.3 is 0 Å². The average Bonchev–Trinajstić information content (AvgIpc) is 2.36. The van der Waals surface area contributed by atoms with Crippen LogP contribution in [-0.4, -0.2) is 30.6 Å². The SMILES string of the molecule is CCN(CC)CC(C)Nc1cccc(F)c1C#N. The Balaban J connectivity index is 2.73. The fourth-order valence-corrected chi connectivity index (χ4v) is 1.94. The number of nitriles is 1. The fourth-order valence-electron chi connectivity index (χ4n) is 1.94. The van der Waals surface area contributed by atoms with Crippen molar-refractivity contribution in [2.24, 2.45) is 0 Å². The first kappa shape index (κ1) is 14.5. The summed E-state index contributed by atoms with van der Waals surface area (Å²) in [4.78, 5) is 2.28. The summed E-state index contributed by atoms with van der Waals surface area (Å²) >= 11 is 0. The van der Waals surface area contributed by atoms with Crippen molar-refractivity contribution in [2.75, 3.05) is 25.0 Å². The third-order valence-corrected chi connectivity index (χ3v) is 2.95. The van der Waals surface area contributed by atoms with Gasteiger partial charge in [0, 0.05) is 12.6 Å². The van der Waals surface area contributed by atoms with Gasteiger partial charge in [-0.15, -0.1) is 0 Å². The van der Waals surface area contributed by atoms with E-state index < -0.39 is 5.82 Å². The van der Waals surface area contributed by atoms with Gasteiger partial charge in [0.1, 0.15) is 17.4 Å². The highest BCUT2D eigenvalue weighted by molar-refractivity contribution is 5.58. The second kappa shape index (κ2) is 6.97. The van der Waals surface area contributed by atoms with E-state index in [2.05, 4.69) is 24.1 Å². The molecular weight excluding hydrogens is 229 g/mol. The number of likely N-dealkylation sites (N-methyl/N-ethyl adjacent to an activating group) is 1. The van der Waals surface area contributed by atoms with Gasteiger partial charge in [0.05, 0.1) is 5.69 Å². The number of nitrogens with zero attached hydrogens (tertiary/aromatic N) is 2. The molecule has 1 unspecified atom stereocenters. The topological polar surface area (TPSA) is 39.1 Å². The first-order valence-electron chi connectivity index (χ1n) is 6.29. The third kappa shape index (κ3) is 3.71. The molecule has 0 bridgehead atoms. The molecule has 0 spiro atoms. The van der Waals surface area contributed by atoms with E-state index in [9.17, 15) is 4.39 Å². The molecule has 0 aliphatic heterocycles. The normalized spacial score (nSPS) is 12.2. The number of hydrogen-bond donors (Lipinski definition) is 1. The summed E-state index contributed by atoms with van der Waals surface area (Å²) in [5.74, 6) is -0.475. The third-order valence-electron chi connectivity index (χ3n) is 2.95. The molecule has 0 aromatic heterocycles. The molecule has 1 atom stereocenters. The van der Waals surface area contributed by atoms with Crippen LogP contribution < -0.4 is 5.32 Å². The van der Waals surface area contributed by atoms with E-state index in [0.717, 1.165) is 19.6 Å². The quantitative estimate of drug-likeness (QED) is 0.842. The smallest absolute Gasteiger partial charge is 0.143 e. The van der Waals surface area contributed by atoms with Crippen molar-refractivity contribution in [1.82, 2.24) is 4.90 Å². The highest BCUT2D eigenvalue weighted by atomic mass is 19.1. The molecule has 0 fully saturated rings. The van der Waals surface area contributed by atoms with Gasteiger partial charge < -0.3 is 10.2 Å². The molecule has 18 heavy (non-hydrogen) atoms. The molecule has 98 valence electrons. The predicted molar refractivity (Wildman–Crippen MR) is 72.0 cm³/mol. The molecule has 0 saturated carbocycles. The first-order chi connectivity index (χ1) is 8.62. The second-order valence-electron chi connectivity index (χ2n) is 4.31. The predicted octanol–water partition coefficient (Wildman–Crippen LogP) is 2.84. The van der Waals surface area contributed by atoms with Crippen LogP contribution in [0.15, 0.2) is 18.2 Å². The molecule has 0 amide bonds. The Hall–Kier alpha value is -1.60. The number of nitrogens with one attached hydrogen (secondary N) is 1. The first-order valence-corrected chi connectivity index (χ1v) is 6.29. The van der Waals surface area contributed by atoms with Crippen molar-refractivity contribution in [1.29, 1.82) is 5.26 Å². The lowest BCUT2D eigenvalue weighted by atomic mass is 10.1. The van der Waals surface area contributed by atoms with E-state index >= 15 is 0 Å². The Bertz CT molecular complexity index is 422. The van der Waals surface area contributed by atoms with Gasteiger partial charge in [-0.05, 0) is 32.1 Å². The Morgan fingerprint density at radius 2 is 2.06 bits per heavy atom. The highest BCUT2D eigenvalue weighted by Crippen LogP contribution is 2.18. The van der Waals surface area contributed by atoms with Crippen LogP contribution in [0.3, 0.4) is 0 Å². The van der Waals surface area contributed by atoms with E-state index in [1.807, 2.05) is 13.0 Å². The zero-order valence-corrected chi connectivity index (χ0v) is 11.2. The standard InChI is InChI=1S/C14H20FN3/c1-4-18(5-2)10-11(3)17-14-8-6-7-13(15)12(14)9-16/h6-8,11,17H,4-5,10H2,1-3H3. The van der Waals surface area contributed by atoms with Crippen molar-refractivity contribution in [3.05, 3.63) is 29.6 Å². The Morgan fingerprint density at radius 1 is 1.39 bits per heavy atom. The largest absolute Gasteiger partial charge is 0.380 e. The minimum Gasteiger partial charge on any atom is -0.380 e. The molecule has 0 aliphatic rings. The number of hydrogen-bond acceptors (Lipinski definition) is 3. The van der Waals surface area contributed by atoms with Crippen LogP contribution in [0.1, 0.15) is 26.3 Å². The van der Waals surface area contributed by atoms with Crippen molar-refractivity contribution in [3.63, 3.8) is 0 Å². The summed E-state index contributed by atoms with van der Waals surface area (Å²) in [5.41, 5.74) is 0.654. The lowest BCUT2D eigenvalue weighted by molar-refractivity contribution is 0.295. The molecule has 0 saturated heterocycles. The van der Waals surface area contributed by atoms with Gasteiger partial charge in [-0.2, -0.15) is 5.26 Å². The van der Waals surface area contributed by atoms with Gasteiger partial charge in [0.2, 0.25) is 0 Å². The Morgan fingerprint density at radius 3 is 2.61 bits per heavy atom. The maximum atomic E-state index is 13.4. The van der Waals surface area contributed by atoms with Crippen LogP contribution in [0.2, 0.25) is 0 Å². The lowest BCUT2D eigenvalue weighted by Crippen LogP contribution is -2.34. The molecular formula is C14H20FN3. The monoisotopic (exact) mass is 249 g/mol. The van der Waals surface area contributed by atoms with E-state index in [-0.39, 0.29) is 11.6 Å². The number of benzene rings is 1. The summed E-state index contributed by atoms with van der Waals surface area (Å²) in [6, 6.07) is 6.72. The molecule has 1 rings (SSSR count). The van der Waals surface area contributed by atoms with Crippen molar-refractivity contribution < 1.29 is 4.39 Å². The Kier molecular flexibility index (Phi) is 5.60. The van der Waals surface area contributed by atoms with Crippen LogP contribution in [-0.2, 0) is 0 Å². The molecule has 1 aromatic rings. The lowest BCUT2D eigenvalue weighted by Gasteiger charge is -2.24. The highest BCUT2D eigenvalue weighted by Gasteiger charge is 2.11. The average molecular weight is 249 g/mol. The van der Waals surface area contributed by atoms with Crippen molar-refractivity contribution >= 4 is 5.69 Å². The van der Waals surface area contributed by atoms with Crippen LogP contribution in [0, 0.1) is 17.1 Å². The summed E-state index contributed by atoms with van der Waals surface area (Å²) in [6.07, 6.45) is 0. The molecule has 0 radical (unpaired) electrons. The number of rotatable bonds is 6. The van der Waals surface area contributed by atoms with Crippen LogP contribution in [0.4, 0.5) is 10.1 Å². The van der Waals surface area contributed by atoms with Crippen LogP contribution in [0.5, 0.6) is 0 Å². The van der Waals surface area contributed by atoms with E-state index in [0.29, 0.717) is 5.69 Å². The Labute approximate surface area is 108 Å². The van der Waals surface area contributed by atoms with Gasteiger partial charge in [0.25, 0.3) is 0 Å². The number of halogens is 1. The molecule has 1 aromatic carbocycles. The summed E-state index contributed by atoms with van der Waals surface area (Å²) < 4.78 is 13.4. The van der Waals surface area contributed by atoms with E-state index in [1.165, 1.54) is 6.07 Å². The van der Waals surface area contributed by atoms with Crippen LogP contribution in [0.25, 0.3) is 0 Å².